The molecule has 0 saturated carbocycles. The Morgan fingerprint density at radius 3 is 2.82 bits per heavy atom. The highest BCUT2D eigenvalue weighted by atomic mass is 16.1. The highest BCUT2D eigenvalue weighted by Gasteiger charge is 2.18. The van der Waals surface area contributed by atoms with E-state index in [1.807, 2.05) is 0 Å². The summed E-state index contributed by atoms with van der Waals surface area (Å²) in [6, 6.07) is 0. The zero-order chi connectivity index (χ0) is 12.7. The highest BCUT2D eigenvalue weighted by Crippen LogP contribution is 2.25. The van der Waals surface area contributed by atoms with E-state index in [0.717, 1.165) is 12.8 Å². The van der Waals surface area contributed by atoms with Crippen molar-refractivity contribution in [3.63, 3.8) is 0 Å². The van der Waals surface area contributed by atoms with Crippen LogP contribution in [0.1, 0.15) is 38.9 Å². The number of carbonyl (C=O) groups is 1. The van der Waals surface area contributed by atoms with Crippen LogP contribution in [-0.2, 0) is 11.3 Å². The second-order valence-electron chi connectivity index (χ2n) is 4.81. The van der Waals surface area contributed by atoms with Gasteiger partial charge in [-0.15, -0.1) is 10.2 Å². The molecule has 96 valence electrons. The van der Waals surface area contributed by atoms with Crippen molar-refractivity contribution >= 4 is 5.91 Å². The summed E-state index contributed by atoms with van der Waals surface area (Å²) in [4.78, 5) is 11.6. The first-order chi connectivity index (χ1) is 8.03. The van der Waals surface area contributed by atoms with Gasteiger partial charge in [0.25, 0.3) is 0 Å². The molecule has 1 heterocycles. The fourth-order valence-corrected chi connectivity index (χ4v) is 1.49. The molecule has 1 rings (SSSR count). The summed E-state index contributed by atoms with van der Waals surface area (Å²) in [5.41, 5.74) is 5.63. The van der Waals surface area contributed by atoms with Crippen molar-refractivity contribution in [3.05, 3.63) is 5.82 Å². The second-order valence-corrected chi connectivity index (χ2v) is 4.81. The number of carbonyl (C=O) groups excluding carboxylic acids is 1. The zero-order valence-corrected chi connectivity index (χ0v) is 10.4. The summed E-state index contributed by atoms with van der Waals surface area (Å²) in [6.07, 6.45) is 2.23. The quantitative estimate of drug-likeness (QED) is 0.620. The average molecular weight is 240 g/mol. The second kappa shape index (κ2) is 6.29. The summed E-state index contributed by atoms with van der Waals surface area (Å²) in [5, 5.41) is 16.0. The van der Waals surface area contributed by atoms with Gasteiger partial charge in [-0.25, -0.2) is 0 Å². The van der Waals surface area contributed by atoms with Crippen molar-refractivity contribution in [2.75, 3.05) is 6.54 Å². The molecule has 0 unspecified atom stereocenters. The Hall–Kier alpha value is -1.50. The molecule has 0 saturated heterocycles. The third-order valence-electron chi connectivity index (χ3n) is 2.68. The van der Waals surface area contributed by atoms with Gasteiger partial charge in [0, 0.05) is 6.42 Å². The molecule has 0 aliphatic heterocycles. The van der Waals surface area contributed by atoms with Gasteiger partial charge in [-0.3, -0.25) is 4.79 Å². The molecular formula is C10H20N6O. The first kappa shape index (κ1) is 13.6. The van der Waals surface area contributed by atoms with Crippen LogP contribution in [0.4, 0.5) is 0 Å². The van der Waals surface area contributed by atoms with Crippen LogP contribution >= 0.6 is 0 Å². The molecule has 17 heavy (non-hydrogen) atoms. The molecule has 0 aliphatic carbocycles. The zero-order valence-electron chi connectivity index (χ0n) is 10.4. The summed E-state index contributed by atoms with van der Waals surface area (Å²) < 4.78 is 0. The summed E-state index contributed by atoms with van der Waals surface area (Å²) in [5.74, 6) is 0.486. The lowest BCUT2D eigenvalue weighted by Gasteiger charge is -2.23. The van der Waals surface area contributed by atoms with Crippen LogP contribution in [0.15, 0.2) is 0 Å². The number of nitrogens with one attached hydrogen (secondary N) is 2. The molecule has 1 aromatic heterocycles. The molecule has 0 aliphatic rings. The summed E-state index contributed by atoms with van der Waals surface area (Å²) >= 11 is 0. The van der Waals surface area contributed by atoms with Gasteiger partial charge in [0.2, 0.25) is 5.91 Å². The van der Waals surface area contributed by atoms with Crippen molar-refractivity contribution in [2.45, 2.75) is 39.7 Å². The van der Waals surface area contributed by atoms with Crippen molar-refractivity contribution in [3.8, 4) is 0 Å². The van der Waals surface area contributed by atoms with E-state index in [1.165, 1.54) is 0 Å². The van der Waals surface area contributed by atoms with E-state index >= 15 is 0 Å². The molecule has 0 bridgehead atoms. The molecule has 1 aromatic rings. The van der Waals surface area contributed by atoms with Crippen LogP contribution in [0.25, 0.3) is 0 Å². The predicted molar refractivity (Wildman–Crippen MR) is 62.7 cm³/mol. The third kappa shape index (κ3) is 5.39. The van der Waals surface area contributed by atoms with Crippen LogP contribution in [0.3, 0.4) is 0 Å². The largest absolute Gasteiger partial charge is 0.349 e. The lowest BCUT2D eigenvalue weighted by Crippen LogP contribution is -2.26. The van der Waals surface area contributed by atoms with Gasteiger partial charge in [-0.1, -0.05) is 19.1 Å². The SMILES string of the molecule is CC(C)(CCN)CCC(=O)NCc1nn[nH]n1. The van der Waals surface area contributed by atoms with E-state index in [-0.39, 0.29) is 11.3 Å². The molecule has 4 N–H and O–H groups in total. The van der Waals surface area contributed by atoms with Gasteiger partial charge in [-0.2, -0.15) is 5.21 Å². The minimum atomic E-state index is -0.0000959. The van der Waals surface area contributed by atoms with Gasteiger partial charge >= 0.3 is 0 Å². The Morgan fingerprint density at radius 2 is 2.24 bits per heavy atom. The molecule has 7 heteroatoms. The lowest BCUT2D eigenvalue weighted by atomic mass is 9.84. The predicted octanol–water partition coefficient (Wildman–Crippen LogP) is -0.0289. The molecule has 0 fully saturated rings. The Kier molecular flexibility index (Phi) is 5.02. The van der Waals surface area contributed by atoms with E-state index in [0.29, 0.717) is 25.3 Å². The first-order valence-corrected chi connectivity index (χ1v) is 5.72. The van der Waals surface area contributed by atoms with E-state index in [2.05, 4.69) is 39.8 Å². The minimum Gasteiger partial charge on any atom is -0.349 e. The molecular weight excluding hydrogens is 220 g/mol. The van der Waals surface area contributed by atoms with Gasteiger partial charge < -0.3 is 11.1 Å². The minimum absolute atomic E-state index is 0.0000959. The molecule has 0 aromatic carbocycles. The van der Waals surface area contributed by atoms with E-state index in [4.69, 9.17) is 5.73 Å². The van der Waals surface area contributed by atoms with Crippen LogP contribution in [0, 0.1) is 5.41 Å². The number of rotatable bonds is 7. The Bertz CT molecular complexity index is 335. The average Bonchev–Trinajstić information content (AvgIpc) is 2.76. The lowest BCUT2D eigenvalue weighted by molar-refractivity contribution is -0.121. The first-order valence-electron chi connectivity index (χ1n) is 5.72. The highest BCUT2D eigenvalue weighted by molar-refractivity contribution is 5.75. The van der Waals surface area contributed by atoms with Gasteiger partial charge in [0.1, 0.15) is 0 Å². The molecule has 0 spiro atoms. The topological polar surface area (TPSA) is 110 Å². The van der Waals surface area contributed by atoms with Crippen molar-refractivity contribution in [1.82, 2.24) is 25.9 Å². The van der Waals surface area contributed by atoms with E-state index < -0.39 is 0 Å². The van der Waals surface area contributed by atoms with Crippen LogP contribution in [-0.4, -0.2) is 33.1 Å². The van der Waals surface area contributed by atoms with Crippen molar-refractivity contribution in [2.24, 2.45) is 11.1 Å². The van der Waals surface area contributed by atoms with Gasteiger partial charge in [-0.05, 0) is 24.8 Å². The number of hydrogen-bond acceptors (Lipinski definition) is 5. The Morgan fingerprint density at radius 1 is 1.47 bits per heavy atom. The molecule has 7 nitrogen and oxygen atoms in total. The fourth-order valence-electron chi connectivity index (χ4n) is 1.49. The van der Waals surface area contributed by atoms with Crippen LogP contribution in [0.2, 0.25) is 0 Å². The summed E-state index contributed by atoms with van der Waals surface area (Å²) in [6.45, 7) is 5.20. The molecule has 0 atom stereocenters. The number of aromatic nitrogens is 4. The van der Waals surface area contributed by atoms with Gasteiger partial charge in [0.15, 0.2) is 5.82 Å². The van der Waals surface area contributed by atoms with Gasteiger partial charge in [0.05, 0.1) is 6.54 Å². The smallest absolute Gasteiger partial charge is 0.220 e. The number of hydrogen-bond donors (Lipinski definition) is 3. The normalized spacial score (nSPS) is 11.5. The maximum absolute atomic E-state index is 11.6. The number of H-pyrrole nitrogens is 1. The van der Waals surface area contributed by atoms with Crippen LogP contribution in [0.5, 0.6) is 0 Å². The Labute approximate surface area is 101 Å². The Balaban J connectivity index is 2.21. The third-order valence-corrected chi connectivity index (χ3v) is 2.68. The number of amides is 1. The number of nitrogens with two attached hydrogens (primary N) is 1. The standard InChI is InChI=1S/C10H20N6O/c1-10(2,5-6-11)4-3-9(17)12-7-8-13-15-16-14-8/h3-7,11H2,1-2H3,(H,12,17)(H,13,14,15,16). The monoisotopic (exact) mass is 240 g/mol. The van der Waals surface area contributed by atoms with E-state index in [9.17, 15) is 4.79 Å². The summed E-state index contributed by atoms with van der Waals surface area (Å²) in [7, 11) is 0. The molecule has 1 amide bonds. The van der Waals surface area contributed by atoms with Crippen molar-refractivity contribution < 1.29 is 4.79 Å². The fraction of sp³-hybridized carbons (Fsp3) is 0.800. The number of nitrogens with zero attached hydrogens (tertiary/aromatic N) is 3. The maximum atomic E-state index is 11.6. The van der Waals surface area contributed by atoms with E-state index in [1.54, 1.807) is 0 Å². The number of aromatic amines is 1. The molecule has 0 radical (unpaired) electrons. The number of tetrazole rings is 1. The van der Waals surface area contributed by atoms with Crippen molar-refractivity contribution in [1.29, 1.82) is 0 Å². The van der Waals surface area contributed by atoms with Crippen LogP contribution < -0.4 is 11.1 Å². The maximum Gasteiger partial charge on any atom is 0.220 e.